The smallest absolute Gasteiger partial charge is 0.147 e. The molecule has 0 aliphatic heterocycles. The normalized spacial score (nSPS) is 13.6. The van der Waals surface area contributed by atoms with Gasteiger partial charge in [-0.25, -0.2) is 0 Å². The van der Waals surface area contributed by atoms with Crippen LogP contribution in [0.25, 0.3) is 38.6 Å². The molecule has 1 heterocycles. The highest BCUT2D eigenvalue weighted by Gasteiger charge is 2.31. The lowest BCUT2D eigenvalue weighted by molar-refractivity contribution is 0.284. The Balaban J connectivity index is 1.93. The third kappa shape index (κ3) is 6.89. The van der Waals surface area contributed by atoms with Gasteiger partial charge in [-0.3, -0.25) is 0 Å². The van der Waals surface area contributed by atoms with Crippen molar-refractivity contribution in [2.75, 3.05) is 0 Å². The number of nitrogens with zero attached hydrogens (tertiary/aromatic N) is 1. The molecule has 5 rings (SSSR count). The maximum Gasteiger partial charge on any atom is 0.147 e. The first kappa shape index (κ1) is 34.8. The van der Waals surface area contributed by atoms with E-state index in [1.165, 1.54) is 38.6 Å². The maximum atomic E-state index is 12.5. The number of hydrogen-bond donors (Lipinski definition) is 1. The summed E-state index contributed by atoms with van der Waals surface area (Å²) in [6.45, 7) is 34.3. The summed E-state index contributed by atoms with van der Waals surface area (Å²) in [4.78, 5) is 0. The number of phenolic OH excluding ortho intramolecular Hbond substituents is 1. The van der Waals surface area contributed by atoms with Crippen LogP contribution in [0.1, 0.15) is 131 Å². The van der Waals surface area contributed by atoms with Crippen LogP contribution in [-0.2, 0) is 21.7 Å². The van der Waals surface area contributed by atoms with Gasteiger partial charge in [-0.05, 0) is 105 Å². The molecule has 0 spiro atoms. The first-order chi connectivity index (χ1) is 21.4. The van der Waals surface area contributed by atoms with Crippen molar-refractivity contribution in [2.45, 2.75) is 132 Å². The molecular formula is C45H59NO. The van der Waals surface area contributed by atoms with Crippen molar-refractivity contribution in [2.24, 2.45) is 5.41 Å². The second kappa shape index (κ2) is 11.3. The minimum absolute atomic E-state index is 0.00923. The lowest BCUT2D eigenvalue weighted by Gasteiger charge is -2.34. The monoisotopic (exact) mass is 629 g/mol. The zero-order chi connectivity index (χ0) is 35.1. The number of phenols is 1. The number of rotatable bonds is 4. The van der Waals surface area contributed by atoms with Crippen LogP contribution in [0.5, 0.6) is 5.75 Å². The molecule has 0 bridgehead atoms. The van der Waals surface area contributed by atoms with E-state index in [2.05, 4.69) is 175 Å². The predicted molar refractivity (Wildman–Crippen MR) is 206 cm³/mol. The number of hydrogen-bond acceptors (Lipinski definition) is 1. The summed E-state index contributed by atoms with van der Waals surface area (Å²) in [6.07, 6.45) is 1.02. The van der Waals surface area contributed by atoms with Crippen LogP contribution in [0, 0.1) is 12.3 Å². The molecule has 47 heavy (non-hydrogen) atoms. The Morgan fingerprint density at radius 2 is 1.02 bits per heavy atom. The zero-order valence-corrected chi connectivity index (χ0v) is 32.0. The molecule has 0 saturated heterocycles. The molecule has 0 aliphatic rings. The first-order valence-electron chi connectivity index (χ1n) is 17.5. The molecular weight excluding hydrogens is 571 g/mol. The van der Waals surface area contributed by atoms with Gasteiger partial charge in [0.15, 0.2) is 0 Å². The quantitative estimate of drug-likeness (QED) is 0.210. The van der Waals surface area contributed by atoms with Gasteiger partial charge in [0, 0.05) is 16.3 Å². The van der Waals surface area contributed by atoms with Crippen LogP contribution in [0.4, 0.5) is 0 Å². The van der Waals surface area contributed by atoms with Crippen molar-refractivity contribution in [1.29, 1.82) is 0 Å². The van der Waals surface area contributed by atoms with Gasteiger partial charge >= 0.3 is 0 Å². The van der Waals surface area contributed by atoms with Gasteiger partial charge in [0.25, 0.3) is 0 Å². The molecule has 0 saturated carbocycles. The van der Waals surface area contributed by atoms with Crippen molar-refractivity contribution >= 4 is 21.8 Å². The van der Waals surface area contributed by atoms with Gasteiger partial charge in [0.2, 0.25) is 0 Å². The topological polar surface area (TPSA) is 25.2 Å². The number of aryl methyl sites for hydroxylation is 1. The van der Waals surface area contributed by atoms with E-state index in [0.717, 1.165) is 34.3 Å². The van der Waals surface area contributed by atoms with Crippen LogP contribution >= 0.6 is 0 Å². The Labute approximate surface area is 285 Å². The Bertz CT molecular complexity index is 1900. The standard InChI is InChI=1S/C45H59NO/c1-28-20-29(22-32(21-28)44(11,12)13)34-25-33(45(14,15)27-41(2,3)4)26-39(40(34)47)46-37-18-16-30(42(5,6)7)23-35(37)36-24-31(43(8,9)10)17-19-38(36)46/h16-26,47H,27H2,1-15H3. The van der Waals surface area contributed by atoms with Crippen LogP contribution in [0.2, 0.25) is 0 Å². The largest absolute Gasteiger partial charge is 0.505 e. The van der Waals surface area contributed by atoms with Crippen molar-refractivity contribution in [3.8, 4) is 22.6 Å². The van der Waals surface area contributed by atoms with Crippen LogP contribution < -0.4 is 0 Å². The molecule has 4 aromatic carbocycles. The van der Waals surface area contributed by atoms with E-state index >= 15 is 0 Å². The van der Waals surface area contributed by atoms with Gasteiger partial charge in [-0.2, -0.15) is 0 Å². The SMILES string of the molecule is Cc1cc(-c2cc(C(C)(C)CC(C)(C)C)cc(-n3c4ccc(C(C)(C)C)cc4c4cc(C(C)(C)C)ccc43)c2O)cc(C(C)(C)C)c1. The first-order valence-corrected chi connectivity index (χ1v) is 17.5. The lowest BCUT2D eigenvalue weighted by atomic mass is 9.71. The predicted octanol–water partition coefficient (Wildman–Crippen LogP) is 13.1. The molecule has 0 radical (unpaired) electrons. The summed E-state index contributed by atoms with van der Waals surface area (Å²) in [5.74, 6) is 0.323. The fourth-order valence-electron chi connectivity index (χ4n) is 7.42. The maximum absolute atomic E-state index is 12.5. The fourth-order valence-corrected chi connectivity index (χ4v) is 7.42. The minimum atomic E-state index is -0.121. The lowest BCUT2D eigenvalue weighted by Crippen LogP contribution is -2.25. The number of aromatic nitrogens is 1. The van der Waals surface area contributed by atoms with Crippen molar-refractivity contribution in [3.63, 3.8) is 0 Å². The summed E-state index contributed by atoms with van der Waals surface area (Å²) in [5.41, 5.74) is 11.4. The molecule has 5 aromatic rings. The molecule has 0 aliphatic carbocycles. The summed E-state index contributed by atoms with van der Waals surface area (Å²) < 4.78 is 2.32. The van der Waals surface area contributed by atoms with Crippen LogP contribution in [0.3, 0.4) is 0 Å². The van der Waals surface area contributed by atoms with E-state index in [4.69, 9.17) is 0 Å². The Hall–Kier alpha value is -3.52. The molecule has 0 amide bonds. The van der Waals surface area contributed by atoms with Crippen molar-refractivity contribution in [1.82, 2.24) is 4.57 Å². The second-order valence-electron chi connectivity index (χ2n) is 19.1. The van der Waals surface area contributed by atoms with Gasteiger partial charge in [0.1, 0.15) is 5.75 Å². The third-order valence-corrected chi connectivity index (χ3v) is 9.84. The number of aromatic hydroxyl groups is 1. The molecule has 0 fully saturated rings. The molecule has 1 N–H and O–H groups in total. The molecule has 0 unspecified atom stereocenters. The minimum Gasteiger partial charge on any atom is -0.505 e. The zero-order valence-electron chi connectivity index (χ0n) is 32.0. The Kier molecular flexibility index (Phi) is 8.36. The summed E-state index contributed by atoms with van der Waals surface area (Å²) in [7, 11) is 0. The molecule has 250 valence electrons. The third-order valence-electron chi connectivity index (χ3n) is 9.84. The number of benzene rings is 4. The average Bonchev–Trinajstić information content (AvgIpc) is 3.23. The summed E-state index contributed by atoms with van der Waals surface area (Å²) in [6, 6.07) is 25.1. The highest BCUT2D eigenvalue weighted by molar-refractivity contribution is 6.10. The Morgan fingerprint density at radius 3 is 1.47 bits per heavy atom. The van der Waals surface area contributed by atoms with E-state index in [9.17, 15) is 5.11 Å². The second-order valence-corrected chi connectivity index (χ2v) is 19.1. The van der Waals surface area contributed by atoms with E-state index in [1.807, 2.05) is 0 Å². The van der Waals surface area contributed by atoms with Gasteiger partial charge in [-0.1, -0.05) is 133 Å². The molecule has 2 heteroatoms. The average molecular weight is 630 g/mol. The summed E-state index contributed by atoms with van der Waals surface area (Å²) >= 11 is 0. The van der Waals surface area contributed by atoms with Gasteiger partial charge in [-0.15, -0.1) is 0 Å². The van der Waals surface area contributed by atoms with Crippen LogP contribution in [0.15, 0.2) is 66.7 Å². The van der Waals surface area contributed by atoms with Crippen molar-refractivity contribution in [3.05, 3.63) is 94.5 Å². The number of fused-ring (bicyclic) bond motifs is 3. The molecule has 0 atom stereocenters. The van der Waals surface area contributed by atoms with E-state index in [-0.39, 0.29) is 27.1 Å². The fraction of sp³-hybridized carbons (Fsp3) is 0.467. The summed E-state index contributed by atoms with van der Waals surface area (Å²) in [5, 5.41) is 14.9. The Morgan fingerprint density at radius 1 is 0.532 bits per heavy atom. The van der Waals surface area contributed by atoms with Crippen molar-refractivity contribution < 1.29 is 5.11 Å². The highest BCUT2D eigenvalue weighted by Crippen LogP contribution is 2.46. The highest BCUT2D eigenvalue weighted by atomic mass is 16.3. The van der Waals surface area contributed by atoms with E-state index in [0.29, 0.717) is 5.75 Å². The van der Waals surface area contributed by atoms with E-state index in [1.54, 1.807) is 0 Å². The van der Waals surface area contributed by atoms with E-state index < -0.39 is 0 Å². The van der Waals surface area contributed by atoms with Gasteiger partial charge in [0.05, 0.1) is 16.7 Å². The van der Waals surface area contributed by atoms with Gasteiger partial charge < -0.3 is 9.67 Å². The molecule has 2 nitrogen and oxygen atoms in total. The molecule has 1 aromatic heterocycles. The van der Waals surface area contributed by atoms with Crippen LogP contribution in [-0.4, -0.2) is 9.67 Å².